The first-order valence-electron chi connectivity index (χ1n) is 7.58. The van der Waals surface area contributed by atoms with E-state index in [9.17, 15) is 22.0 Å². The van der Waals surface area contributed by atoms with Crippen LogP contribution in [0, 0.1) is 12.7 Å². The third-order valence-corrected chi connectivity index (χ3v) is 4.02. The lowest BCUT2D eigenvalue weighted by Gasteiger charge is -2.15. The highest BCUT2D eigenvalue weighted by Crippen LogP contribution is 2.33. The van der Waals surface area contributed by atoms with Crippen LogP contribution in [0.5, 0.6) is 0 Å². The molecule has 2 unspecified atom stereocenters. The zero-order chi connectivity index (χ0) is 18.2. The molecule has 2 aromatic rings. The van der Waals surface area contributed by atoms with Gasteiger partial charge in [0.15, 0.2) is 0 Å². The lowest BCUT2D eigenvalue weighted by atomic mass is 10.0. The van der Waals surface area contributed by atoms with Gasteiger partial charge in [0.2, 0.25) is 5.95 Å². The number of halogens is 5. The van der Waals surface area contributed by atoms with Crippen LogP contribution in [0.4, 0.5) is 27.9 Å². The lowest BCUT2D eigenvalue weighted by molar-refractivity contribution is -0.137. The largest absolute Gasteiger partial charge is 0.416 e. The molecule has 1 saturated heterocycles. The van der Waals surface area contributed by atoms with Crippen LogP contribution >= 0.6 is 0 Å². The number of hydrogen-bond acceptors (Lipinski definition) is 4. The Morgan fingerprint density at radius 2 is 1.96 bits per heavy atom. The van der Waals surface area contributed by atoms with Gasteiger partial charge in [-0.15, -0.1) is 0 Å². The Morgan fingerprint density at radius 3 is 2.52 bits per heavy atom. The Balaban J connectivity index is 1.86. The van der Waals surface area contributed by atoms with Crippen LogP contribution in [0.25, 0.3) is 11.1 Å². The summed E-state index contributed by atoms with van der Waals surface area (Å²) in [5.41, 5.74) is -0.438. The van der Waals surface area contributed by atoms with Crippen molar-refractivity contribution < 1.29 is 22.0 Å². The molecular formula is C16H15F5N4. The summed E-state index contributed by atoms with van der Waals surface area (Å²) < 4.78 is 65.6. The molecule has 1 fully saturated rings. The molecule has 1 aromatic heterocycles. The van der Waals surface area contributed by atoms with Gasteiger partial charge in [-0.1, -0.05) is 6.07 Å². The van der Waals surface area contributed by atoms with E-state index in [2.05, 4.69) is 20.6 Å². The summed E-state index contributed by atoms with van der Waals surface area (Å²) in [5.74, 6) is -0.823. The van der Waals surface area contributed by atoms with Crippen molar-refractivity contribution in [2.45, 2.75) is 25.3 Å². The number of benzene rings is 1. The standard InChI is InChI=1S/C16H15F5N4/c1-8-11(10-3-2-9(4-12(10)17)16(19,20)21)5-23-15(24-8)25-14-7-22-6-13(14)18/h2-5,13-14,22H,6-7H2,1H3,(H,23,24,25). The minimum atomic E-state index is -4.61. The van der Waals surface area contributed by atoms with Gasteiger partial charge in [-0.05, 0) is 19.1 Å². The average Bonchev–Trinajstić information content (AvgIpc) is 2.92. The quantitative estimate of drug-likeness (QED) is 0.827. The van der Waals surface area contributed by atoms with Gasteiger partial charge in [0, 0.05) is 30.4 Å². The Labute approximate surface area is 140 Å². The first-order chi connectivity index (χ1) is 11.8. The molecule has 4 nitrogen and oxygen atoms in total. The van der Waals surface area contributed by atoms with Crippen LogP contribution in [0.3, 0.4) is 0 Å². The van der Waals surface area contributed by atoms with Crippen LogP contribution < -0.4 is 10.6 Å². The van der Waals surface area contributed by atoms with Crippen LogP contribution in [0.1, 0.15) is 11.3 Å². The maximum absolute atomic E-state index is 14.1. The molecule has 9 heteroatoms. The Kier molecular flexibility index (Phi) is 4.59. The summed E-state index contributed by atoms with van der Waals surface area (Å²) >= 11 is 0. The number of aryl methyl sites for hydroxylation is 1. The van der Waals surface area contributed by atoms with E-state index in [4.69, 9.17) is 0 Å². The lowest BCUT2D eigenvalue weighted by Crippen LogP contribution is -2.30. The monoisotopic (exact) mass is 358 g/mol. The van der Waals surface area contributed by atoms with E-state index in [0.29, 0.717) is 18.3 Å². The van der Waals surface area contributed by atoms with E-state index in [1.165, 1.54) is 6.20 Å². The third kappa shape index (κ3) is 3.71. The molecule has 25 heavy (non-hydrogen) atoms. The Morgan fingerprint density at radius 1 is 1.20 bits per heavy atom. The van der Waals surface area contributed by atoms with Gasteiger partial charge >= 0.3 is 6.18 Å². The molecule has 0 radical (unpaired) electrons. The van der Waals surface area contributed by atoms with Gasteiger partial charge in [-0.25, -0.2) is 18.7 Å². The molecule has 3 rings (SSSR count). The average molecular weight is 358 g/mol. The van der Waals surface area contributed by atoms with E-state index in [-0.39, 0.29) is 23.6 Å². The van der Waals surface area contributed by atoms with Crippen molar-refractivity contribution in [3.8, 4) is 11.1 Å². The molecule has 0 bridgehead atoms. The molecule has 1 aromatic carbocycles. The molecule has 0 saturated carbocycles. The fraction of sp³-hybridized carbons (Fsp3) is 0.375. The van der Waals surface area contributed by atoms with Crippen molar-refractivity contribution in [3.05, 3.63) is 41.5 Å². The summed E-state index contributed by atoms with van der Waals surface area (Å²) in [6, 6.07) is 1.84. The number of aromatic nitrogens is 2. The van der Waals surface area contributed by atoms with Gasteiger partial charge in [-0.2, -0.15) is 13.2 Å². The van der Waals surface area contributed by atoms with Gasteiger partial charge in [0.05, 0.1) is 17.3 Å². The molecule has 0 spiro atoms. The predicted molar refractivity (Wildman–Crippen MR) is 82.3 cm³/mol. The first kappa shape index (κ1) is 17.5. The summed E-state index contributed by atoms with van der Waals surface area (Å²) in [6.07, 6.45) is -4.38. The molecule has 1 aliphatic rings. The topological polar surface area (TPSA) is 49.8 Å². The number of alkyl halides is 4. The highest BCUT2D eigenvalue weighted by molar-refractivity contribution is 5.66. The second-order valence-electron chi connectivity index (χ2n) is 5.81. The minimum absolute atomic E-state index is 0.0250. The van der Waals surface area contributed by atoms with Crippen molar-refractivity contribution in [1.82, 2.24) is 15.3 Å². The molecule has 134 valence electrons. The zero-order valence-electron chi connectivity index (χ0n) is 13.2. The van der Waals surface area contributed by atoms with E-state index in [1.54, 1.807) is 6.92 Å². The second kappa shape index (κ2) is 6.55. The molecular weight excluding hydrogens is 343 g/mol. The molecule has 2 atom stereocenters. The van der Waals surface area contributed by atoms with Crippen molar-refractivity contribution in [1.29, 1.82) is 0 Å². The predicted octanol–water partition coefficient (Wildman–Crippen LogP) is 3.33. The highest BCUT2D eigenvalue weighted by Gasteiger charge is 2.31. The van der Waals surface area contributed by atoms with Gasteiger partial charge in [0.25, 0.3) is 0 Å². The normalized spacial score (nSPS) is 20.7. The number of nitrogens with zero attached hydrogens (tertiary/aromatic N) is 2. The zero-order valence-corrected chi connectivity index (χ0v) is 13.2. The Bertz CT molecular complexity index is 778. The number of rotatable bonds is 3. The van der Waals surface area contributed by atoms with Crippen molar-refractivity contribution in [2.75, 3.05) is 18.4 Å². The van der Waals surface area contributed by atoms with E-state index < -0.39 is 29.8 Å². The van der Waals surface area contributed by atoms with Crippen molar-refractivity contribution in [3.63, 3.8) is 0 Å². The fourth-order valence-corrected chi connectivity index (χ4v) is 2.67. The van der Waals surface area contributed by atoms with Crippen molar-refractivity contribution in [2.24, 2.45) is 0 Å². The minimum Gasteiger partial charge on any atom is -0.347 e. The SMILES string of the molecule is Cc1nc(NC2CNCC2F)ncc1-c1ccc(C(F)(F)F)cc1F. The number of hydrogen-bond donors (Lipinski definition) is 2. The molecule has 2 N–H and O–H groups in total. The first-order valence-corrected chi connectivity index (χ1v) is 7.58. The maximum atomic E-state index is 14.1. The molecule has 2 heterocycles. The van der Waals surface area contributed by atoms with E-state index in [1.807, 2.05) is 0 Å². The van der Waals surface area contributed by atoms with Crippen LogP contribution in [0.15, 0.2) is 24.4 Å². The van der Waals surface area contributed by atoms with Crippen LogP contribution in [-0.4, -0.2) is 35.3 Å². The van der Waals surface area contributed by atoms with E-state index in [0.717, 1.165) is 12.1 Å². The second-order valence-corrected chi connectivity index (χ2v) is 5.81. The number of nitrogens with one attached hydrogen (secondary N) is 2. The van der Waals surface area contributed by atoms with Gasteiger partial charge < -0.3 is 10.6 Å². The van der Waals surface area contributed by atoms with Crippen LogP contribution in [-0.2, 0) is 6.18 Å². The third-order valence-electron chi connectivity index (χ3n) is 4.02. The van der Waals surface area contributed by atoms with Crippen molar-refractivity contribution >= 4 is 5.95 Å². The summed E-state index contributed by atoms with van der Waals surface area (Å²) in [7, 11) is 0. The maximum Gasteiger partial charge on any atom is 0.416 e. The molecule has 0 aliphatic carbocycles. The summed E-state index contributed by atoms with van der Waals surface area (Å²) in [6.45, 7) is 2.25. The Hall–Kier alpha value is -2.29. The highest BCUT2D eigenvalue weighted by atomic mass is 19.4. The van der Waals surface area contributed by atoms with Gasteiger partial charge in [0.1, 0.15) is 12.0 Å². The van der Waals surface area contributed by atoms with Gasteiger partial charge in [-0.3, -0.25) is 0 Å². The summed E-state index contributed by atoms with van der Waals surface area (Å²) in [5, 5.41) is 5.74. The molecule has 1 aliphatic heterocycles. The smallest absolute Gasteiger partial charge is 0.347 e. The van der Waals surface area contributed by atoms with Crippen LogP contribution in [0.2, 0.25) is 0 Å². The fourth-order valence-electron chi connectivity index (χ4n) is 2.67. The molecule has 0 amide bonds. The summed E-state index contributed by atoms with van der Waals surface area (Å²) in [4.78, 5) is 8.17. The van der Waals surface area contributed by atoms with E-state index >= 15 is 0 Å². The number of anilines is 1.